The van der Waals surface area contributed by atoms with Crippen LogP contribution in [0, 0.1) is 0 Å². The van der Waals surface area contributed by atoms with Crippen molar-refractivity contribution < 1.29 is 27.4 Å². The van der Waals surface area contributed by atoms with Gasteiger partial charge in [-0.05, 0) is 51.1 Å². The number of nitrogens with zero attached hydrogens (tertiary/aromatic N) is 5. The lowest BCUT2D eigenvalue weighted by Crippen LogP contribution is -2.21. The molecule has 0 aliphatic carbocycles. The fourth-order valence-electron chi connectivity index (χ4n) is 4.69. The summed E-state index contributed by atoms with van der Waals surface area (Å²) < 4.78 is 53.9. The molecular weight excluding hydrogens is 575 g/mol. The summed E-state index contributed by atoms with van der Waals surface area (Å²) in [5.74, 6) is 0.305. The molecule has 2 amide bonds. The summed E-state index contributed by atoms with van der Waals surface area (Å²) >= 11 is 0. The summed E-state index contributed by atoms with van der Waals surface area (Å²) in [6.07, 6.45) is 4.05. The first-order valence-electron chi connectivity index (χ1n) is 13.9. The Morgan fingerprint density at radius 3 is 2.41 bits per heavy atom. The third kappa shape index (κ3) is 6.51. The number of alkyl halides is 3. The number of benzene rings is 2. The molecule has 2 N–H and O–H groups in total. The summed E-state index contributed by atoms with van der Waals surface area (Å²) in [6, 6.07) is 11.9. The number of carbonyl (C=O) groups is 1. The molecule has 0 aliphatic rings. The molecule has 2 aromatic carbocycles. The van der Waals surface area contributed by atoms with Crippen molar-refractivity contribution >= 4 is 34.6 Å². The first-order chi connectivity index (χ1) is 21.2. The molecule has 13 heteroatoms. The van der Waals surface area contributed by atoms with Crippen molar-refractivity contribution in [3.8, 4) is 22.8 Å². The van der Waals surface area contributed by atoms with Crippen LogP contribution >= 0.6 is 0 Å². The number of urea groups is 1. The highest BCUT2D eigenvalue weighted by atomic mass is 19.4. The van der Waals surface area contributed by atoms with E-state index in [1.54, 1.807) is 50.6 Å². The zero-order valence-corrected chi connectivity index (χ0v) is 24.2. The van der Waals surface area contributed by atoms with E-state index >= 15 is 0 Å². The molecule has 0 fully saturated rings. The lowest BCUT2D eigenvalue weighted by molar-refractivity contribution is -0.138. The predicted octanol–water partition coefficient (Wildman–Crippen LogP) is 7.41. The largest absolute Gasteiger partial charge is 0.493 e. The maximum Gasteiger partial charge on any atom is 0.420 e. The second-order valence-corrected chi connectivity index (χ2v) is 9.43. The average Bonchev–Trinajstić information content (AvgIpc) is 3.48. The number of amides is 2. The fraction of sp³-hybridized carbons (Fsp3) is 0.226. The number of anilines is 4. The fourth-order valence-corrected chi connectivity index (χ4v) is 4.69. The predicted molar refractivity (Wildman–Crippen MR) is 162 cm³/mol. The second-order valence-electron chi connectivity index (χ2n) is 9.43. The van der Waals surface area contributed by atoms with Gasteiger partial charge < -0.3 is 29.4 Å². The first kappa shape index (κ1) is 30.1. The quantitative estimate of drug-likeness (QED) is 0.171. The third-order valence-electron chi connectivity index (χ3n) is 6.55. The second kappa shape index (κ2) is 12.9. The van der Waals surface area contributed by atoms with Gasteiger partial charge in [-0.15, -0.1) is 0 Å². The van der Waals surface area contributed by atoms with Crippen LogP contribution in [0.15, 0.2) is 79.5 Å². The van der Waals surface area contributed by atoms with E-state index in [9.17, 15) is 18.0 Å². The van der Waals surface area contributed by atoms with Crippen molar-refractivity contribution in [2.75, 3.05) is 35.3 Å². The summed E-state index contributed by atoms with van der Waals surface area (Å²) in [6.45, 7) is 6.10. The van der Waals surface area contributed by atoms with E-state index in [2.05, 4.69) is 20.6 Å². The number of fused-ring (bicyclic) bond motifs is 1. The summed E-state index contributed by atoms with van der Waals surface area (Å²) in [5, 5.41) is 5.18. The van der Waals surface area contributed by atoms with Gasteiger partial charge in [0, 0.05) is 60.5 Å². The van der Waals surface area contributed by atoms with E-state index in [1.807, 2.05) is 46.8 Å². The SMILES string of the molecule is CCOc1cc(OCC)c(C(F)(F)F)cc1NC(=O)Nc1cccc(-c2cn3ccnc3c(N(CC)c3ccncc3)n2)c1. The molecule has 0 spiro atoms. The molecule has 0 saturated heterocycles. The molecule has 5 rings (SSSR count). The number of ether oxygens (including phenoxy) is 2. The molecule has 0 bridgehead atoms. The van der Waals surface area contributed by atoms with Gasteiger partial charge in [0.25, 0.3) is 0 Å². The van der Waals surface area contributed by atoms with Crippen molar-refractivity contribution in [3.05, 3.63) is 85.1 Å². The van der Waals surface area contributed by atoms with Crippen LogP contribution in [-0.4, -0.2) is 45.1 Å². The number of nitrogens with one attached hydrogen (secondary N) is 2. The van der Waals surface area contributed by atoms with Crippen LogP contribution in [0.25, 0.3) is 16.9 Å². The number of halogens is 3. The van der Waals surface area contributed by atoms with Crippen LogP contribution in [0.5, 0.6) is 11.5 Å². The molecule has 3 heterocycles. The lowest BCUT2D eigenvalue weighted by Gasteiger charge is -2.23. The number of aromatic nitrogens is 4. The molecule has 0 atom stereocenters. The Labute approximate surface area is 251 Å². The molecule has 0 aliphatic heterocycles. The Morgan fingerprint density at radius 2 is 1.70 bits per heavy atom. The monoisotopic (exact) mass is 605 g/mol. The Balaban J connectivity index is 1.44. The first-order valence-corrected chi connectivity index (χ1v) is 13.9. The van der Waals surface area contributed by atoms with Gasteiger partial charge in [0.15, 0.2) is 11.5 Å². The summed E-state index contributed by atoms with van der Waals surface area (Å²) in [5.41, 5.74) is 2.10. The van der Waals surface area contributed by atoms with Crippen LogP contribution in [0.4, 0.5) is 40.8 Å². The molecule has 0 saturated carbocycles. The van der Waals surface area contributed by atoms with Gasteiger partial charge in [-0.1, -0.05) is 12.1 Å². The minimum absolute atomic E-state index is 0.0303. The molecule has 0 radical (unpaired) electrons. The Hall–Kier alpha value is -5.33. The van der Waals surface area contributed by atoms with Crippen LogP contribution < -0.4 is 25.0 Å². The number of carbonyl (C=O) groups excluding carboxylic acids is 1. The number of hydrogen-bond donors (Lipinski definition) is 2. The molecule has 44 heavy (non-hydrogen) atoms. The van der Waals surface area contributed by atoms with E-state index in [0.29, 0.717) is 35.0 Å². The van der Waals surface area contributed by atoms with Gasteiger partial charge in [-0.3, -0.25) is 4.98 Å². The minimum Gasteiger partial charge on any atom is -0.493 e. The van der Waals surface area contributed by atoms with E-state index in [4.69, 9.17) is 14.5 Å². The molecule has 228 valence electrons. The molecule has 10 nitrogen and oxygen atoms in total. The van der Waals surface area contributed by atoms with Crippen molar-refractivity contribution in [2.24, 2.45) is 0 Å². The van der Waals surface area contributed by atoms with E-state index in [1.165, 1.54) is 0 Å². The van der Waals surface area contributed by atoms with Gasteiger partial charge >= 0.3 is 12.2 Å². The van der Waals surface area contributed by atoms with Gasteiger partial charge in [0.05, 0.1) is 30.2 Å². The normalized spacial score (nSPS) is 11.3. The van der Waals surface area contributed by atoms with E-state index in [0.717, 1.165) is 17.8 Å². The molecule has 3 aromatic heterocycles. The van der Waals surface area contributed by atoms with Crippen molar-refractivity contribution in [1.82, 2.24) is 19.4 Å². The Morgan fingerprint density at radius 1 is 0.955 bits per heavy atom. The van der Waals surface area contributed by atoms with Crippen LogP contribution in [0.2, 0.25) is 0 Å². The topological polar surface area (TPSA) is 106 Å². The Kier molecular flexibility index (Phi) is 8.83. The molecule has 0 unspecified atom stereocenters. The van der Waals surface area contributed by atoms with Crippen molar-refractivity contribution in [2.45, 2.75) is 26.9 Å². The number of imidazole rings is 1. The maximum absolute atomic E-state index is 13.8. The van der Waals surface area contributed by atoms with Crippen molar-refractivity contribution in [3.63, 3.8) is 0 Å². The highest BCUT2D eigenvalue weighted by Crippen LogP contribution is 2.42. The average molecular weight is 606 g/mol. The van der Waals surface area contributed by atoms with Gasteiger partial charge in [0.2, 0.25) is 0 Å². The van der Waals surface area contributed by atoms with Gasteiger partial charge in [-0.2, -0.15) is 13.2 Å². The van der Waals surface area contributed by atoms with Crippen molar-refractivity contribution in [1.29, 1.82) is 0 Å². The summed E-state index contributed by atoms with van der Waals surface area (Å²) in [7, 11) is 0. The number of rotatable bonds is 10. The van der Waals surface area contributed by atoms with E-state index < -0.39 is 17.8 Å². The van der Waals surface area contributed by atoms with Crippen LogP contribution in [0.1, 0.15) is 26.3 Å². The highest BCUT2D eigenvalue weighted by Gasteiger charge is 2.36. The zero-order valence-electron chi connectivity index (χ0n) is 24.2. The lowest BCUT2D eigenvalue weighted by atomic mass is 10.1. The standard InChI is InChI=1S/C31H30F3N7O3/c1-4-41(22-10-12-35-13-11-22)29-28-36-14-15-40(28)19-25(38-29)20-8-7-9-21(16-20)37-30(42)39-24-17-23(31(32,33)34)26(43-5-2)18-27(24)44-6-3/h7-19H,4-6H2,1-3H3,(H2,37,39,42). The zero-order chi connectivity index (χ0) is 31.3. The van der Waals surface area contributed by atoms with Gasteiger partial charge in [0.1, 0.15) is 11.5 Å². The van der Waals surface area contributed by atoms with Crippen LogP contribution in [0.3, 0.4) is 0 Å². The highest BCUT2D eigenvalue weighted by molar-refractivity contribution is 6.01. The maximum atomic E-state index is 13.8. The smallest absolute Gasteiger partial charge is 0.420 e. The number of hydrogen-bond acceptors (Lipinski definition) is 7. The van der Waals surface area contributed by atoms with Crippen LogP contribution in [-0.2, 0) is 6.18 Å². The minimum atomic E-state index is -4.70. The Bertz CT molecular complexity index is 1760. The summed E-state index contributed by atoms with van der Waals surface area (Å²) in [4.78, 5) is 28.5. The molecule has 5 aromatic rings. The van der Waals surface area contributed by atoms with E-state index in [-0.39, 0.29) is 30.4 Å². The van der Waals surface area contributed by atoms with Gasteiger partial charge in [-0.25, -0.2) is 14.8 Å². The third-order valence-corrected chi connectivity index (χ3v) is 6.55. The number of pyridine rings is 1. The molecular formula is C31H30F3N7O3.